The van der Waals surface area contributed by atoms with Crippen LogP contribution in [0, 0.1) is 11.8 Å². The number of hydrogen-bond donors (Lipinski definition) is 2. The first-order valence-electron chi connectivity index (χ1n) is 12.7. The molecule has 1 fully saturated rings. The van der Waals surface area contributed by atoms with E-state index in [4.69, 9.17) is 4.74 Å². The average molecular weight is 489 g/mol. The molecule has 36 heavy (non-hydrogen) atoms. The fourth-order valence-electron chi connectivity index (χ4n) is 5.42. The Morgan fingerprint density at radius 3 is 2.72 bits per heavy atom. The molecule has 0 saturated carbocycles. The lowest BCUT2D eigenvalue weighted by Gasteiger charge is -2.41. The number of carboxylic acids is 1. The number of aliphatic hydroxyl groups is 1. The van der Waals surface area contributed by atoms with Gasteiger partial charge in [0.15, 0.2) is 0 Å². The molecular weight excluding hydrogens is 452 g/mol. The van der Waals surface area contributed by atoms with Crippen molar-refractivity contribution >= 4 is 16.9 Å². The number of benzene rings is 2. The van der Waals surface area contributed by atoms with Crippen LogP contribution in [0.5, 0.6) is 5.75 Å². The zero-order chi connectivity index (χ0) is 25.5. The van der Waals surface area contributed by atoms with Crippen molar-refractivity contribution in [3.63, 3.8) is 0 Å². The highest BCUT2D eigenvalue weighted by molar-refractivity contribution is 5.83. The fraction of sp³-hybridized carbons (Fsp3) is 0.400. The van der Waals surface area contributed by atoms with E-state index in [0.717, 1.165) is 60.3 Å². The Kier molecular flexibility index (Phi) is 8.60. The van der Waals surface area contributed by atoms with E-state index >= 15 is 0 Å². The van der Waals surface area contributed by atoms with Gasteiger partial charge in [0, 0.05) is 43.2 Å². The van der Waals surface area contributed by atoms with E-state index < -0.39 is 12.1 Å². The number of likely N-dealkylation sites (tertiary alicyclic amines) is 1. The van der Waals surface area contributed by atoms with Gasteiger partial charge in [-0.05, 0) is 72.9 Å². The summed E-state index contributed by atoms with van der Waals surface area (Å²) in [6.45, 7) is 6.06. The number of methoxy groups -OCH3 is 1. The Bertz CT molecular complexity index is 1180. The fourth-order valence-corrected chi connectivity index (χ4v) is 5.42. The first-order valence-corrected chi connectivity index (χ1v) is 12.7. The summed E-state index contributed by atoms with van der Waals surface area (Å²) in [5.41, 5.74) is 4.00. The Balaban J connectivity index is 1.42. The van der Waals surface area contributed by atoms with E-state index in [9.17, 15) is 15.0 Å². The molecule has 2 aromatic carbocycles. The van der Waals surface area contributed by atoms with E-state index in [-0.39, 0.29) is 12.3 Å². The Hall–Kier alpha value is -3.38. The topological polar surface area (TPSA) is 82.9 Å². The first-order chi connectivity index (χ1) is 17.4. The van der Waals surface area contributed by atoms with Gasteiger partial charge in [0.1, 0.15) is 5.75 Å². The van der Waals surface area contributed by atoms with Gasteiger partial charge in [-0.15, -0.1) is 0 Å². The van der Waals surface area contributed by atoms with Crippen molar-refractivity contribution < 1.29 is 19.7 Å². The molecule has 2 N–H and O–H groups in total. The number of rotatable bonds is 11. The van der Waals surface area contributed by atoms with Gasteiger partial charge in [-0.25, -0.2) is 0 Å². The van der Waals surface area contributed by atoms with Crippen LogP contribution in [-0.2, 0) is 11.2 Å². The van der Waals surface area contributed by atoms with Crippen LogP contribution < -0.4 is 4.74 Å². The molecule has 1 aromatic heterocycles. The van der Waals surface area contributed by atoms with Gasteiger partial charge in [0.05, 0.1) is 18.7 Å². The zero-order valence-electron chi connectivity index (χ0n) is 21.0. The molecular formula is C30H36N2O4. The summed E-state index contributed by atoms with van der Waals surface area (Å²) < 4.78 is 5.37. The second kappa shape index (κ2) is 12.0. The molecule has 3 atom stereocenters. The molecule has 4 rings (SSSR count). The highest BCUT2D eigenvalue weighted by Crippen LogP contribution is 2.36. The number of fused-ring (bicyclic) bond motifs is 1. The van der Waals surface area contributed by atoms with Crippen LogP contribution in [0.25, 0.3) is 10.9 Å². The van der Waals surface area contributed by atoms with E-state index in [0.29, 0.717) is 18.8 Å². The Labute approximate surface area is 213 Å². The summed E-state index contributed by atoms with van der Waals surface area (Å²) in [4.78, 5) is 18.1. The molecule has 0 radical (unpaired) electrons. The largest absolute Gasteiger partial charge is 0.497 e. The zero-order valence-corrected chi connectivity index (χ0v) is 21.0. The van der Waals surface area contributed by atoms with Gasteiger partial charge in [-0.3, -0.25) is 9.78 Å². The quantitative estimate of drug-likeness (QED) is 0.365. The second-order valence-electron chi connectivity index (χ2n) is 9.79. The van der Waals surface area contributed by atoms with Gasteiger partial charge in [-0.2, -0.15) is 0 Å². The molecule has 1 aliphatic heterocycles. The number of piperidine rings is 1. The standard InChI is InChI=1S/C30H36N2O4/c1-21(18-22-6-4-3-5-7-22)32-17-15-23(24(20-32)9-13-30(34)35)8-12-29(33)26-14-16-31-28-11-10-25(36-2)19-27(26)28/h3-7,10-11,14,16,19,23-24,29,33H,1,8-9,12-13,15,17-18,20H2,2H3,(H,34,35)/t23?,24?,29-/m0/s1. The normalized spacial score (nSPS) is 18.7. The Morgan fingerprint density at radius 2 is 1.97 bits per heavy atom. The maximum atomic E-state index is 11.3. The molecule has 0 amide bonds. The van der Waals surface area contributed by atoms with Crippen LogP contribution in [0.2, 0.25) is 0 Å². The molecule has 1 saturated heterocycles. The second-order valence-corrected chi connectivity index (χ2v) is 9.79. The van der Waals surface area contributed by atoms with Crippen LogP contribution >= 0.6 is 0 Å². The molecule has 0 bridgehead atoms. The van der Waals surface area contributed by atoms with Gasteiger partial charge in [0.25, 0.3) is 0 Å². The van der Waals surface area contributed by atoms with Crippen molar-refractivity contribution in [2.75, 3.05) is 20.2 Å². The third-order valence-corrected chi connectivity index (χ3v) is 7.47. The van der Waals surface area contributed by atoms with Crippen LogP contribution in [0.3, 0.4) is 0 Å². The molecule has 0 spiro atoms. The summed E-state index contributed by atoms with van der Waals surface area (Å²) in [6.07, 6.45) is 5.16. The number of aliphatic carboxylic acids is 1. The minimum Gasteiger partial charge on any atom is -0.497 e. The lowest BCUT2D eigenvalue weighted by atomic mass is 9.78. The number of hydrogen-bond acceptors (Lipinski definition) is 5. The maximum absolute atomic E-state index is 11.3. The molecule has 6 nitrogen and oxygen atoms in total. The van der Waals surface area contributed by atoms with Gasteiger partial charge < -0.3 is 19.8 Å². The molecule has 6 heteroatoms. The summed E-state index contributed by atoms with van der Waals surface area (Å²) in [5, 5.41) is 21.4. The predicted molar refractivity (Wildman–Crippen MR) is 142 cm³/mol. The lowest BCUT2D eigenvalue weighted by molar-refractivity contribution is -0.137. The molecule has 2 heterocycles. The average Bonchev–Trinajstić information content (AvgIpc) is 2.90. The number of allylic oxidation sites excluding steroid dienone is 1. The van der Waals surface area contributed by atoms with Crippen molar-refractivity contribution in [3.8, 4) is 5.75 Å². The highest BCUT2D eigenvalue weighted by atomic mass is 16.5. The van der Waals surface area contributed by atoms with E-state index in [2.05, 4.69) is 28.6 Å². The predicted octanol–water partition coefficient (Wildman–Crippen LogP) is 5.62. The number of aromatic nitrogens is 1. The summed E-state index contributed by atoms with van der Waals surface area (Å²) in [5.74, 6) is 0.596. The minimum atomic E-state index is -0.758. The van der Waals surface area contributed by atoms with Crippen molar-refractivity contribution in [1.82, 2.24) is 9.88 Å². The number of ether oxygens (including phenoxy) is 1. The molecule has 1 aliphatic rings. The number of aliphatic hydroxyl groups excluding tert-OH is 1. The van der Waals surface area contributed by atoms with Crippen LogP contribution in [0.4, 0.5) is 0 Å². The van der Waals surface area contributed by atoms with Crippen LogP contribution in [0.15, 0.2) is 73.1 Å². The molecule has 0 aliphatic carbocycles. The van der Waals surface area contributed by atoms with Crippen LogP contribution in [-0.4, -0.2) is 46.3 Å². The number of pyridine rings is 1. The first kappa shape index (κ1) is 25.7. The van der Waals surface area contributed by atoms with E-state index in [1.165, 1.54) is 5.56 Å². The third kappa shape index (κ3) is 6.43. The third-order valence-electron chi connectivity index (χ3n) is 7.47. The highest BCUT2D eigenvalue weighted by Gasteiger charge is 2.30. The molecule has 3 aromatic rings. The van der Waals surface area contributed by atoms with E-state index in [1.807, 2.05) is 42.5 Å². The van der Waals surface area contributed by atoms with Crippen molar-refractivity contribution in [1.29, 1.82) is 0 Å². The van der Waals surface area contributed by atoms with Crippen molar-refractivity contribution in [3.05, 3.63) is 84.2 Å². The molecule has 2 unspecified atom stereocenters. The minimum absolute atomic E-state index is 0.164. The lowest BCUT2D eigenvalue weighted by Crippen LogP contribution is -2.40. The van der Waals surface area contributed by atoms with E-state index in [1.54, 1.807) is 13.3 Å². The summed E-state index contributed by atoms with van der Waals surface area (Å²) in [7, 11) is 1.63. The SMILES string of the molecule is C=C(Cc1ccccc1)N1CCC(CC[C@H](O)c2ccnc3ccc(OC)cc23)C(CCC(=O)O)C1. The monoisotopic (exact) mass is 488 g/mol. The molecule has 190 valence electrons. The number of carboxylic acid groups (broad SMARTS) is 1. The Morgan fingerprint density at radius 1 is 1.17 bits per heavy atom. The number of nitrogens with zero attached hydrogens (tertiary/aromatic N) is 2. The van der Waals surface area contributed by atoms with Gasteiger partial charge >= 0.3 is 5.97 Å². The summed E-state index contributed by atoms with van der Waals surface area (Å²) in [6, 6.07) is 17.9. The van der Waals surface area contributed by atoms with Crippen molar-refractivity contribution in [2.24, 2.45) is 11.8 Å². The maximum Gasteiger partial charge on any atom is 0.303 e. The van der Waals surface area contributed by atoms with Gasteiger partial charge in [-0.1, -0.05) is 36.9 Å². The van der Waals surface area contributed by atoms with Crippen molar-refractivity contribution in [2.45, 2.75) is 44.6 Å². The number of carbonyl (C=O) groups is 1. The van der Waals surface area contributed by atoms with Gasteiger partial charge in [0.2, 0.25) is 0 Å². The smallest absolute Gasteiger partial charge is 0.303 e. The summed E-state index contributed by atoms with van der Waals surface area (Å²) >= 11 is 0. The van der Waals surface area contributed by atoms with Crippen LogP contribution in [0.1, 0.15) is 49.3 Å².